The van der Waals surface area contributed by atoms with Gasteiger partial charge < -0.3 is 9.84 Å². The summed E-state index contributed by atoms with van der Waals surface area (Å²) < 4.78 is 5.19. The van der Waals surface area contributed by atoms with Gasteiger partial charge in [-0.1, -0.05) is 49.7 Å². The van der Waals surface area contributed by atoms with E-state index >= 15 is 0 Å². The van der Waals surface area contributed by atoms with Crippen LogP contribution < -0.4 is 0 Å². The number of unbranched alkanes of at least 4 members (excludes halogenated alkanes) is 1. The quantitative estimate of drug-likeness (QED) is 0.432. The van der Waals surface area contributed by atoms with Gasteiger partial charge in [-0.15, -0.1) is 0 Å². The zero-order chi connectivity index (χ0) is 15.5. The highest BCUT2D eigenvalue weighted by atomic mass is 16.5. The van der Waals surface area contributed by atoms with E-state index in [4.69, 9.17) is 4.74 Å². The van der Waals surface area contributed by atoms with Crippen molar-refractivity contribution in [2.75, 3.05) is 6.61 Å². The molecule has 3 aromatic rings. The lowest BCUT2D eigenvalue weighted by atomic mass is 9.99. The van der Waals surface area contributed by atoms with Crippen molar-refractivity contribution in [3.05, 3.63) is 54.1 Å². The van der Waals surface area contributed by atoms with E-state index in [1.165, 1.54) is 0 Å². The molecular formula is C19H18O3. The Balaban J connectivity index is 2.06. The zero-order valence-electron chi connectivity index (χ0n) is 12.5. The summed E-state index contributed by atoms with van der Waals surface area (Å²) in [5, 5.41) is 14.2. The maximum absolute atomic E-state index is 12.1. The molecule has 3 rings (SSSR count). The summed E-state index contributed by atoms with van der Waals surface area (Å²) in [5.74, 6) is -0.481. The van der Waals surface area contributed by atoms with Crippen molar-refractivity contribution in [2.24, 2.45) is 0 Å². The summed E-state index contributed by atoms with van der Waals surface area (Å²) in [6.45, 7) is 2.41. The lowest BCUT2D eigenvalue weighted by Gasteiger charge is -2.10. The fraction of sp³-hybridized carbons (Fsp3) is 0.211. The normalized spacial score (nSPS) is 11.0. The molecule has 0 amide bonds. The number of ether oxygens (including phenoxy) is 1. The van der Waals surface area contributed by atoms with Gasteiger partial charge in [-0.2, -0.15) is 0 Å². The fourth-order valence-corrected chi connectivity index (χ4v) is 2.62. The molecule has 0 aliphatic rings. The largest absolute Gasteiger partial charge is 0.506 e. The highest BCUT2D eigenvalue weighted by Gasteiger charge is 2.15. The van der Waals surface area contributed by atoms with Crippen molar-refractivity contribution < 1.29 is 14.6 Å². The molecule has 0 spiro atoms. The van der Waals surface area contributed by atoms with Crippen LogP contribution in [0, 0.1) is 0 Å². The average molecular weight is 294 g/mol. The highest BCUT2D eigenvalue weighted by Crippen LogP contribution is 2.33. The van der Waals surface area contributed by atoms with Gasteiger partial charge in [0.15, 0.2) is 0 Å². The number of hydrogen-bond donors (Lipinski definition) is 1. The monoisotopic (exact) mass is 294 g/mol. The van der Waals surface area contributed by atoms with Crippen LogP contribution >= 0.6 is 0 Å². The van der Waals surface area contributed by atoms with E-state index in [0.29, 0.717) is 12.0 Å². The van der Waals surface area contributed by atoms with Crippen LogP contribution in [0.3, 0.4) is 0 Å². The smallest absolute Gasteiger partial charge is 0.341 e. The second-order valence-electron chi connectivity index (χ2n) is 5.33. The molecule has 1 N–H and O–H groups in total. The van der Waals surface area contributed by atoms with Gasteiger partial charge >= 0.3 is 5.97 Å². The Morgan fingerprint density at radius 3 is 2.59 bits per heavy atom. The maximum Gasteiger partial charge on any atom is 0.341 e. The third-order valence-electron chi connectivity index (χ3n) is 3.85. The first-order valence-electron chi connectivity index (χ1n) is 7.53. The topological polar surface area (TPSA) is 46.5 Å². The number of carbonyl (C=O) groups is 1. The van der Waals surface area contributed by atoms with Crippen LogP contribution in [0.4, 0.5) is 0 Å². The second kappa shape index (κ2) is 6.06. The number of aromatic hydroxyl groups is 1. The van der Waals surface area contributed by atoms with Gasteiger partial charge in [0.2, 0.25) is 0 Å². The summed E-state index contributed by atoms with van der Waals surface area (Å²) in [7, 11) is 0. The third-order valence-corrected chi connectivity index (χ3v) is 3.85. The molecule has 0 radical (unpaired) electrons. The van der Waals surface area contributed by atoms with Crippen LogP contribution in [0.15, 0.2) is 48.5 Å². The Labute approximate surface area is 129 Å². The number of phenolic OH excluding ortho intramolecular Hbond substituents is 1. The number of rotatable bonds is 4. The number of carbonyl (C=O) groups excluding carboxylic acids is 1. The Kier molecular flexibility index (Phi) is 3.96. The molecule has 3 aromatic carbocycles. The summed E-state index contributed by atoms with van der Waals surface area (Å²) in [4.78, 5) is 12.1. The molecule has 0 aliphatic heterocycles. The molecule has 0 saturated carbocycles. The van der Waals surface area contributed by atoms with Gasteiger partial charge in [0.1, 0.15) is 11.3 Å². The minimum absolute atomic E-state index is 0.00949. The van der Waals surface area contributed by atoms with Crippen molar-refractivity contribution in [3.8, 4) is 5.75 Å². The highest BCUT2D eigenvalue weighted by molar-refractivity contribution is 6.12. The lowest BCUT2D eigenvalue weighted by molar-refractivity contribution is 0.0497. The van der Waals surface area contributed by atoms with Crippen LogP contribution in [0.5, 0.6) is 5.75 Å². The molecule has 0 atom stereocenters. The predicted octanol–water partition coefficient (Wildman–Crippen LogP) is 4.66. The van der Waals surface area contributed by atoms with E-state index in [2.05, 4.69) is 0 Å². The molecule has 0 saturated heterocycles. The minimum Gasteiger partial charge on any atom is -0.506 e. The summed E-state index contributed by atoms with van der Waals surface area (Å²) in [6, 6.07) is 15.3. The molecule has 0 unspecified atom stereocenters. The van der Waals surface area contributed by atoms with E-state index in [0.717, 1.165) is 29.0 Å². The number of benzene rings is 3. The van der Waals surface area contributed by atoms with Gasteiger partial charge in [0.25, 0.3) is 0 Å². The Bertz CT molecular complexity index is 837. The first kappa shape index (κ1) is 14.4. The van der Waals surface area contributed by atoms with Gasteiger partial charge in [-0.05, 0) is 34.7 Å². The van der Waals surface area contributed by atoms with E-state index < -0.39 is 5.97 Å². The molecule has 0 bridgehead atoms. The molecule has 22 heavy (non-hydrogen) atoms. The molecule has 112 valence electrons. The molecule has 0 fully saturated rings. The number of esters is 1. The summed E-state index contributed by atoms with van der Waals surface area (Å²) in [5.41, 5.74) is 0.221. The zero-order valence-corrected chi connectivity index (χ0v) is 12.5. The third kappa shape index (κ3) is 2.50. The first-order chi connectivity index (χ1) is 10.7. The van der Waals surface area contributed by atoms with E-state index in [1.807, 2.05) is 49.4 Å². The lowest BCUT2D eigenvalue weighted by Crippen LogP contribution is -2.06. The molecule has 0 aromatic heterocycles. The first-order valence-corrected chi connectivity index (χ1v) is 7.53. The van der Waals surface area contributed by atoms with Crippen molar-refractivity contribution >= 4 is 27.5 Å². The number of phenols is 1. The second-order valence-corrected chi connectivity index (χ2v) is 5.33. The molecule has 3 nitrogen and oxygen atoms in total. The van der Waals surface area contributed by atoms with Gasteiger partial charge in [-0.25, -0.2) is 4.79 Å². The average Bonchev–Trinajstić information content (AvgIpc) is 2.55. The molecule has 0 aliphatic carbocycles. The Morgan fingerprint density at radius 1 is 1.00 bits per heavy atom. The van der Waals surface area contributed by atoms with Gasteiger partial charge in [-0.3, -0.25) is 0 Å². The van der Waals surface area contributed by atoms with Crippen molar-refractivity contribution in [1.82, 2.24) is 0 Å². The van der Waals surface area contributed by atoms with Crippen LogP contribution in [0.25, 0.3) is 21.5 Å². The van der Waals surface area contributed by atoms with Gasteiger partial charge in [0.05, 0.1) is 6.61 Å². The predicted molar refractivity (Wildman–Crippen MR) is 88.3 cm³/mol. The van der Waals surface area contributed by atoms with Crippen LogP contribution in [0.1, 0.15) is 30.1 Å². The Morgan fingerprint density at radius 2 is 1.77 bits per heavy atom. The maximum atomic E-state index is 12.1. The van der Waals surface area contributed by atoms with Crippen molar-refractivity contribution in [2.45, 2.75) is 19.8 Å². The molecular weight excluding hydrogens is 276 g/mol. The number of hydrogen-bond acceptors (Lipinski definition) is 3. The molecule has 3 heteroatoms. The van der Waals surface area contributed by atoms with E-state index in [-0.39, 0.29) is 11.3 Å². The van der Waals surface area contributed by atoms with Crippen molar-refractivity contribution in [1.29, 1.82) is 0 Å². The number of fused-ring (bicyclic) bond motifs is 3. The summed E-state index contributed by atoms with van der Waals surface area (Å²) >= 11 is 0. The van der Waals surface area contributed by atoms with E-state index in [1.54, 1.807) is 6.07 Å². The van der Waals surface area contributed by atoms with E-state index in [9.17, 15) is 9.90 Å². The van der Waals surface area contributed by atoms with Crippen LogP contribution in [0.2, 0.25) is 0 Å². The minimum atomic E-state index is -0.471. The van der Waals surface area contributed by atoms with Crippen LogP contribution in [-0.4, -0.2) is 17.7 Å². The summed E-state index contributed by atoms with van der Waals surface area (Å²) in [6.07, 6.45) is 1.79. The fourth-order valence-electron chi connectivity index (χ4n) is 2.62. The van der Waals surface area contributed by atoms with Crippen LogP contribution in [-0.2, 0) is 4.74 Å². The van der Waals surface area contributed by atoms with Crippen molar-refractivity contribution in [3.63, 3.8) is 0 Å². The standard InChI is InChI=1S/C19H18O3/c1-2-3-12-22-19(21)17-11-10-15-14-7-5-4-6-13(14)8-9-16(15)18(17)20/h4-11,20H,2-3,12H2,1H3. The SMILES string of the molecule is CCCCOC(=O)c1ccc2c(ccc3ccccc32)c1O. The molecule has 0 heterocycles. The Hall–Kier alpha value is -2.55. The van der Waals surface area contributed by atoms with Gasteiger partial charge in [0, 0.05) is 5.39 Å².